The van der Waals surface area contributed by atoms with Crippen LogP contribution in [0.2, 0.25) is 5.02 Å². The lowest BCUT2D eigenvalue weighted by molar-refractivity contribution is 0.585. The third kappa shape index (κ3) is 2.55. The largest absolute Gasteiger partial charge is 0.368 e. The predicted molar refractivity (Wildman–Crippen MR) is 82.0 cm³/mol. The molecule has 1 aliphatic rings. The number of aromatic nitrogens is 2. The van der Waals surface area contributed by atoms with E-state index in [0.29, 0.717) is 5.02 Å². The Balaban J connectivity index is 2.08. The fraction of sp³-hybridized carbons (Fsp3) is 0.286. The normalized spacial score (nSPS) is 15.3. The van der Waals surface area contributed by atoms with Gasteiger partial charge in [-0.25, -0.2) is 4.98 Å². The van der Waals surface area contributed by atoms with Crippen LogP contribution >= 0.6 is 11.6 Å². The first-order valence-corrected chi connectivity index (χ1v) is 6.96. The van der Waals surface area contributed by atoms with Crippen LogP contribution in [-0.4, -0.2) is 36.1 Å². The Labute approximate surface area is 122 Å². The fourth-order valence-electron chi connectivity index (χ4n) is 2.37. The molecule has 1 aromatic carbocycles. The van der Waals surface area contributed by atoms with Crippen LogP contribution in [0.25, 0.3) is 11.1 Å². The van der Waals surface area contributed by atoms with E-state index in [-0.39, 0.29) is 5.95 Å². The molecule has 0 aliphatic carbocycles. The van der Waals surface area contributed by atoms with E-state index in [9.17, 15) is 0 Å². The van der Waals surface area contributed by atoms with Gasteiger partial charge in [-0.05, 0) is 6.07 Å². The van der Waals surface area contributed by atoms with Crippen LogP contribution in [-0.2, 0) is 0 Å². The summed E-state index contributed by atoms with van der Waals surface area (Å²) in [6.07, 6.45) is 1.75. The number of nitrogen functional groups attached to an aromatic ring is 1. The van der Waals surface area contributed by atoms with Crippen molar-refractivity contribution in [2.45, 2.75) is 0 Å². The van der Waals surface area contributed by atoms with Crippen molar-refractivity contribution >= 4 is 23.4 Å². The first-order chi connectivity index (χ1) is 9.75. The Kier molecular flexibility index (Phi) is 3.71. The van der Waals surface area contributed by atoms with Gasteiger partial charge >= 0.3 is 0 Å². The number of nitrogens with zero attached hydrogens (tertiary/aromatic N) is 3. The number of anilines is 2. The zero-order valence-corrected chi connectivity index (χ0v) is 11.8. The molecule has 104 valence electrons. The highest BCUT2D eigenvalue weighted by Crippen LogP contribution is 2.33. The molecule has 0 bridgehead atoms. The van der Waals surface area contributed by atoms with E-state index in [2.05, 4.69) is 20.2 Å². The summed E-state index contributed by atoms with van der Waals surface area (Å²) in [5, 5.41) is 4.02. The van der Waals surface area contributed by atoms with Crippen LogP contribution in [0.1, 0.15) is 0 Å². The molecular formula is C14H16ClN5. The Bertz CT molecular complexity index is 610. The van der Waals surface area contributed by atoms with Crippen molar-refractivity contribution in [1.82, 2.24) is 15.3 Å². The number of nitrogens with one attached hydrogen (secondary N) is 1. The van der Waals surface area contributed by atoms with Gasteiger partial charge in [-0.15, -0.1) is 0 Å². The highest BCUT2D eigenvalue weighted by atomic mass is 35.5. The van der Waals surface area contributed by atoms with Gasteiger partial charge in [-0.1, -0.05) is 29.8 Å². The van der Waals surface area contributed by atoms with Gasteiger partial charge in [0.15, 0.2) is 0 Å². The predicted octanol–water partition coefficient (Wildman–Crippen LogP) is 1.79. The Hall–Kier alpha value is -1.85. The molecule has 3 N–H and O–H groups in total. The molecule has 0 saturated carbocycles. The molecule has 0 radical (unpaired) electrons. The van der Waals surface area contributed by atoms with Crippen molar-refractivity contribution in [3.63, 3.8) is 0 Å². The lowest BCUT2D eigenvalue weighted by Crippen LogP contribution is -2.44. The second-order valence-corrected chi connectivity index (χ2v) is 5.09. The van der Waals surface area contributed by atoms with Crippen molar-refractivity contribution in [2.24, 2.45) is 0 Å². The molecule has 6 heteroatoms. The Morgan fingerprint density at radius 1 is 1.15 bits per heavy atom. The van der Waals surface area contributed by atoms with Crippen LogP contribution in [0.5, 0.6) is 0 Å². The molecule has 3 rings (SSSR count). The quantitative estimate of drug-likeness (QED) is 0.882. The molecule has 1 aromatic heterocycles. The SMILES string of the molecule is Nc1ncc(-c2ccccc2Cl)c(N2CCNCC2)n1. The summed E-state index contributed by atoms with van der Waals surface area (Å²) in [6, 6.07) is 7.71. The third-order valence-corrected chi connectivity index (χ3v) is 3.70. The molecule has 1 saturated heterocycles. The molecule has 20 heavy (non-hydrogen) atoms. The summed E-state index contributed by atoms with van der Waals surface area (Å²) < 4.78 is 0. The lowest BCUT2D eigenvalue weighted by atomic mass is 10.1. The van der Waals surface area contributed by atoms with Gasteiger partial charge in [0, 0.05) is 48.5 Å². The molecule has 0 spiro atoms. The standard InChI is InChI=1S/C14H16ClN5/c15-12-4-2-1-3-10(12)11-9-18-14(16)19-13(11)20-7-5-17-6-8-20/h1-4,9,17H,5-8H2,(H2,16,18,19). The number of hydrogen-bond donors (Lipinski definition) is 2. The molecule has 2 heterocycles. The Morgan fingerprint density at radius 2 is 1.90 bits per heavy atom. The lowest BCUT2D eigenvalue weighted by Gasteiger charge is -2.30. The van der Waals surface area contributed by atoms with E-state index in [1.165, 1.54) is 0 Å². The molecule has 0 amide bonds. The van der Waals surface area contributed by atoms with Crippen LogP contribution < -0.4 is 16.0 Å². The summed E-state index contributed by atoms with van der Waals surface area (Å²) in [7, 11) is 0. The van der Waals surface area contributed by atoms with Gasteiger partial charge in [0.05, 0.1) is 0 Å². The maximum Gasteiger partial charge on any atom is 0.221 e. The number of hydrogen-bond acceptors (Lipinski definition) is 5. The topological polar surface area (TPSA) is 67.1 Å². The minimum Gasteiger partial charge on any atom is -0.368 e. The molecule has 1 fully saturated rings. The maximum atomic E-state index is 6.29. The second kappa shape index (κ2) is 5.64. The number of benzene rings is 1. The monoisotopic (exact) mass is 289 g/mol. The fourth-order valence-corrected chi connectivity index (χ4v) is 2.61. The van der Waals surface area contributed by atoms with E-state index in [1.807, 2.05) is 24.3 Å². The van der Waals surface area contributed by atoms with Crippen LogP contribution in [0.15, 0.2) is 30.5 Å². The summed E-state index contributed by atoms with van der Waals surface area (Å²) >= 11 is 6.29. The van der Waals surface area contributed by atoms with E-state index >= 15 is 0 Å². The summed E-state index contributed by atoms with van der Waals surface area (Å²) in [5.41, 5.74) is 7.61. The summed E-state index contributed by atoms with van der Waals surface area (Å²) in [4.78, 5) is 10.8. The van der Waals surface area contributed by atoms with Gasteiger partial charge < -0.3 is 16.0 Å². The van der Waals surface area contributed by atoms with Crippen molar-refractivity contribution in [2.75, 3.05) is 36.8 Å². The molecule has 0 atom stereocenters. The molecule has 2 aromatic rings. The van der Waals surface area contributed by atoms with E-state index in [1.54, 1.807) is 6.20 Å². The maximum absolute atomic E-state index is 6.29. The Morgan fingerprint density at radius 3 is 2.65 bits per heavy atom. The summed E-state index contributed by atoms with van der Waals surface area (Å²) in [6.45, 7) is 3.67. The average Bonchev–Trinajstić information content (AvgIpc) is 2.49. The van der Waals surface area contributed by atoms with Gasteiger partial charge in [0.25, 0.3) is 0 Å². The molecule has 0 unspecified atom stereocenters. The third-order valence-electron chi connectivity index (χ3n) is 3.37. The zero-order chi connectivity index (χ0) is 13.9. The molecule has 1 aliphatic heterocycles. The van der Waals surface area contributed by atoms with Crippen LogP contribution in [0.3, 0.4) is 0 Å². The smallest absolute Gasteiger partial charge is 0.221 e. The highest BCUT2D eigenvalue weighted by molar-refractivity contribution is 6.33. The van der Waals surface area contributed by atoms with Crippen molar-refractivity contribution in [3.05, 3.63) is 35.5 Å². The first kappa shape index (κ1) is 13.1. The van der Waals surface area contributed by atoms with Gasteiger partial charge in [0.2, 0.25) is 5.95 Å². The van der Waals surface area contributed by atoms with Crippen molar-refractivity contribution < 1.29 is 0 Å². The molecule has 5 nitrogen and oxygen atoms in total. The van der Waals surface area contributed by atoms with E-state index in [4.69, 9.17) is 17.3 Å². The second-order valence-electron chi connectivity index (χ2n) is 4.68. The average molecular weight is 290 g/mol. The minimum atomic E-state index is 0.286. The number of nitrogens with two attached hydrogens (primary N) is 1. The molecular weight excluding hydrogens is 274 g/mol. The minimum absolute atomic E-state index is 0.286. The summed E-state index contributed by atoms with van der Waals surface area (Å²) in [5.74, 6) is 1.14. The number of rotatable bonds is 2. The number of halogens is 1. The van der Waals surface area contributed by atoms with Gasteiger partial charge in [-0.3, -0.25) is 0 Å². The van der Waals surface area contributed by atoms with Gasteiger partial charge in [-0.2, -0.15) is 4.98 Å². The first-order valence-electron chi connectivity index (χ1n) is 6.59. The van der Waals surface area contributed by atoms with Crippen LogP contribution in [0.4, 0.5) is 11.8 Å². The number of piperazine rings is 1. The van der Waals surface area contributed by atoms with Crippen molar-refractivity contribution in [1.29, 1.82) is 0 Å². The van der Waals surface area contributed by atoms with Gasteiger partial charge in [0.1, 0.15) is 5.82 Å². The van der Waals surface area contributed by atoms with E-state index < -0.39 is 0 Å². The van der Waals surface area contributed by atoms with E-state index in [0.717, 1.165) is 43.1 Å². The zero-order valence-electron chi connectivity index (χ0n) is 11.0. The van der Waals surface area contributed by atoms with Crippen LogP contribution in [0, 0.1) is 0 Å². The van der Waals surface area contributed by atoms with Crippen molar-refractivity contribution in [3.8, 4) is 11.1 Å². The highest BCUT2D eigenvalue weighted by Gasteiger charge is 2.18.